The number of hydrogen-bond acceptors (Lipinski definition) is 2. The van der Waals surface area contributed by atoms with Gasteiger partial charge in [-0.05, 0) is 11.1 Å². The van der Waals surface area contributed by atoms with Gasteiger partial charge in [0, 0.05) is 5.56 Å². The van der Waals surface area contributed by atoms with E-state index < -0.39 is 0 Å². The molecule has 1 N–H and O–H groups in total. The summed E-state index contributed by atoms with van der Waals surface area (Å²) in [5.41, 5.74) is 2.80. The minimum absolute atomic E-state index is 0.250. The summed E-state index contributed by atoms with van der Waals surface area (Å²) in [6, 6.07) is 17.5. The van der Waals surface area contributed by atoms with Crippen LogP contribution in [0.5, 0.6) is 0 Å². The molecule has 0 amide bonds. The number of hydrogen-bond donors (Lipinski definition) is 1. The van der Waals surface area contributed by atoms with Gasteiger partial charge in [-0.15, -0.1) is 0 Å². The lowest BCUT2D eigenvalue weighted by atomic mass is 10.0. The lowest BCUT2D eigenvalue weighted by Gasteiger charge is -2.03. The summed E-state index contributed by atoms with van der Waals surface area (Å²) in [5.74, 6) is 0. The van der Waals surface area contributed by atoms with Crippen LogP contribution in [0.1, 0.15) is 10.4 Å². The summed E-state index contributed by atoms with van der Waals surface area (Å²) >= 11 is 0. The highest BCUT2D eigenvalue weighted by molar-refractivity contribution is 5.87. The summed E-state index contributed by atoms with van der Waals surface area (Å²) in [7, 11) is 0. The molecule has 0 radical (unpaired) electrons. The molecular weight excluding hydrogens is 216 g/mol. The predicted molar refractivity (Wildman–Crippen MR) is 66.0 cm³/mol. The fraction of sp³-hybridized carbons (Fsp3) is 0. The predicted octanol–water partition coefficient (Wildman–Crippen LogP) is 2.87. The molecule has 2 rings (SSSR count). The molecular formula is C14H12O3. The van der Waals surface area contributed by atoms with Crippen LogP contribution < -0.4 is 0 Å². The van der Waals surface area contributed by atoms with E-state index in [1.165, 1.54) is 0 Å². The van der Waals surface area contributed by atoms with Gasteiger partial charge in [-0.3, -0.25) is 9.59 Å². The van der Waals surface area contributed by atoms with Crippen molar-refractivity contribution in [3.63, 3.8) is 0 Å². The fourth-order valence-corrected chi connectivity index (χ4v) is 1.48. The van der Waals surface area contributed by atoms with Crippen LogP contribution in [-0.4, -0.2) is 17.9 Å². The molecule has 2 aromatic rings. The second kappa shape index (κ2) is 6.95. The largest absolute Gasteiger partial charge is 0.483 e. The van der Waals surface area contributed by atoms with Crippen LogP contribution in [0.25, 0.3) is 11.1 Å². The Labute approximate surface area is 99.3 Å². The molecule has 3 heteroatoms. The third kappa shape index (κ3) is 3.57. The Hall–Kier alpha value is -2.42. The molecule has 17 heavy (non-hydrogen) atoms. The molecule has 3 nitrogen and oxygen atoms in total. The van der Waals surface area contributed by atoms with Crippen molar-refractivity contribution in [1.29, 1.82) is 0 Å². The van der Waals surface area contributed by atoms with Crippen molar-refractivity contribution >= 4 is 12.8 Å². The van der Waals surface area contributed by atoms with Crippen LogP contribution in [0, 0.1) is 0 Å². The van der Waals surface area contributed by atoms with E-state index in [9.17, 15) is 4.79 Å². The van der Waals surface area contributed by atoms with Crippen molar-refractivity contribution in [1.82, 2.24) is 0 Å². The average Bonchev–Trinajstić information content (AvgIpc) is 2.40. The van der Waals surface area contributed by atoms with Crippen molar-refractivity contribution in [2.45, 2.75) is 0 Å². The molecule has 86 valence electrons. The monoisotopic (exact) mass is 228 g/mol. The quantitative estimate of drug-likeness (QED) is 0.804. The van der Waals surface area contributed by atoms with E-state index in [2.05, 4.69) is 0 Å². The molecule has 0 aliphatic heterocycles. The van der Waals surface area contributed by atoms with Crippen LogP contribution >= 0.6 is 0 Å². The summed E-state index contributed by atoms with van der Waals surface area (Å²) in [4.78, 5) is 19.2. The van der Waals surface area contributed by atoms with Gasteiger partial charge in [0.2, 0.25) is 0 Å². The van der Waals surface area contributed by atoms with Gasteiger partial charge >= 0.3 is 0 Å². The number of aldehydes is 1. The van der Waals surface area contributed by atoms with E-state index in [1.807, 2.05) is 54.6 Å². The minimum atomic E-state index is -0.250. The smallest absolute Gasteiger partial charge is 0.290 e. The molecule has 2 aromatic carbocycles. The number of carbonyl (C=O) groups excluding carboxylic acids is 1. The fourth-order valence-electron chi connectivity index (χ4n) is 1.48. The third-order valence-corrected chi connectivity index (χ3v) is 2.17. The highest BCUT2D eigenvalue weighted by atomic mass is 16.3. The normalized spacial score (nSPS) is 8.71. The van der Waals surface area contributed by atoms with Gasteiger partial charge in [0.25, 0.3) is 6.47 Å². The third-order valence-electron chi connectivity index (χ3n) is 2.17. The second-order valence-corrected chi connectivity index (χ2v) is 3.18. The summed E-state index contributed by atoms with van der Waals surface area (Å²) in [5, 5.41) is 6.89. The Kier molecular flexibility index (Phi) is 5.17. The van der Waals surface area contributed by atoms with E-state index in [0.717, 1.165) is 23.0 Å². The van der Waals surface area contributed by atoms with Gasteiger partial charge in [0.1, 0.15) is 0 Å². The van der Waals surface area contributed by atoms with Gasteiger partial charge in [-0.25, -0.2) is 0 Å². The molecule has 0 aliphatic carbocycles. The number of carboxylic acid groups (broad SMARTS) is 1. The Balaban J connectivity index is 0.000000437. The summed E-state index contributed by atoms with van der Waals surface area (Å²) in [6.45, 7) is -0.250. The zero-order valence-electron chi connectivity index (χ0n) is 9.11. The molecule has 0 atom stereocenters. The van der Waals surface area contributed by atoms with Crippen molar-refractivity contribution in [3.05, 3.63) is 60.2 Å². The Morgan fingerprint density at radius 2 is 1.35 bits per heavy atom. The van der Waals surface area contributed by atoms with Crippen molar-refractivity contribution in [3.8, 4) is 11.1 Å². The summed E-state index contributed by atoms with van der Waals surface area (Å²) in [6.07, 6.45) is 0.891. The minimum Gasteiger partial charge on any atom is -0.483 e. The SMILES string of the molecule is O=CO.O=Cc1ccccc1-c1ccccc1. The van der Waals surface area contributed by atoms with Gasteiger partial charge in [-0.2, -0.15) is 0 Å². The molecule has 0 bridgehead atoms. The van der Waals surface area contributed by atoms with Gasteiger partial charge in [0.15, 0.2) is 6.29 Å². The first-order valence-corrected chi connectivity index (χ1v) is 5.01. The van der Waals surface area contributed by atoms with E-state index >= 15 is 0 Å². The van der Waals surface area contributed by atoms with Crippen LogP contribution in [-0.2, 0) is 4.79 Å². The number of carbonyl (C=O) groups is 2. The molecule has 0 spiro atoms. The first-order chi connectivity index (χ1) is 8.33. The summed E-state index contributed by atoms with van der Waals surface area (Å²) < 4.78 is 0. The molecule has 0 fully saturated rings. The molecule has 0 aliphatic rings. The van der Waals surface area contributed by atoms with E-state index in [-0.39, 0.29) is 6.47 Å². The highest BCUT2D eigenvalue weighted by Gasteiger charge is 2.01. The van der Waals surface area contributed by atoms with E-state index in [0.29, 0.717) is 0 Å². The van der Waals surface area contributed by atoms with Crippen molar-refractivity contribution in [2.75, 3.05) is 0 Å². The van der Waals surface area contributed by atoms with Gasteiger partial charge < -0.3 is 5.11 Å². The van der Waals surface area contributed by atoms with Crippen LogP contribution in [0.4, 0.5) is 0 Å². The average molecular weight is 228 g/mol. The zero-order chi connectivity index (χ0) is 12.5. The van der Waals surface area contributed by atoms with Crippen LogP contribution in [0.3, 0.4) is 0 Å². The number of rotatable bonds is 2. The Bertz CT molecular complexity index is 478. The van der Waals surface area contributed by atoms with Gasteiger partial charge in [0.05, 0.1) is 0 Å². The molecule has 0 heterocycles. The highest BCUT2D eigenvalue weighted by Crippen LogP contribution is 2.21. The molecule has 0 aromatic heterocycles. The second-order valence-electron chi connectivity index (χ2n) is 3.18. The topological polar surface area (TPSA) is 54.4 Å². The maximum Gasteiger partial charge on any atom is 0.290 e. The van der Waals surface area contributed by atoms with Gasteiger partial charge in [-0.1, -0.05) is 54.6 Å². The maximum atomic E-state index is 10.8. The van der Waals surface area contributed by atoms with E-state index in [4.69, 9.17) is 9.90 Å². The lowest BCUT2D eigenvalue weighted by molar-refractivity contribution is -0.122. The molecule has 0 saturated carbocycles. The van der Waals surface area contributed by atoms with Crippen molar-refractivity contribution in [2.24, 2.45) is 0 Å². The van der Waals surface area contributed by atoms with Crippen LogP contribution in [0.15, 0.2) is 54.6 Å². The standard InChI is InChI=1S/C13H10O.CH2O2/c14-10-12-8-4-5-9-13(12)11-6-2-1-3-7-11;2-1-3/h1-10H;1H,(H,2,3). The Morgan fingerprint density at radius 1 is 0.824 bits per heavy atom. The maximum absolute atomic E-state index is 10.8. The molecule has 0 saturated heterocycles. The zero-order valence-corrected chi connectivity index (χ0v) is 9.11. The molecule has 0 unspecified atom stereocenters. The Morgan fingerprint density at radius 3 is 1.94 bits per heavy atom. The first kappa shape index (κ1) is 12.6. The van der Waals surface area contributed by atoms with E-state index in [1.54, 1.807) is 0 Å². The first-order valence-electron chi connectivity index (χ1n) is 5.01. The van der Waals surface area contributed by atoms with Crippen LogP contribution in [0.2, 0.25) is 0 Å². The lowest BCUT2D eigenvalue weighted by Crippen LogP contribution is -1.85. The number of benzene rings is 2. The van der Waals surface area contributed by atoms with Crippen molar-refractivity contribution < 1.29 is 14.7 Å².